The van der Waals surface area contributed by atoms with Crippen LogP contribution in [0.4, 0.5) is 0 Å². The van der Waals surface area contributed by atoms with E-state index in [1.54, 1.807) is 0 Å². The maximum atomic E-state index is 6.20. The number of nitrogens with one attached hydrogen (secondary N) is 1. The number of piperazine rings is 1. The fourth-order valence-electron chi connectivity index (χ4n) is 2.20. The van der Waals surface area contributed by atoms with E-state index in [0.29, 0.717) is 12.1 Å². The molecule has 0 saturated carbocycles. The monoisotopic (exact) mass is 272 g/mol. The Hall–Kier alpha value is -0.280. The molecule has 0 radical (unpaired) electrons. The highest BCUT2D eigenvalue weighted by molar-refractivity contribution is 6.33. The van der Waals surface area contributed by atoms with Gasteiger partial charge in [-0.3, -0.25) is 4.90 Å². The molecule has 0 bridgehead atoms. The molecule has 17 heavy (non-hydrogen) atoms. The summed E-state index contributed by atoms with van der Waals surface area (Å²) >= 11 is 12.2. The van der Waals surface area contributed by atoms with Crippen molar-refractivity contribution in [2.45, 2.75) is 32.5 Å². The highest BCUT2D eigenvalue weighted by Gasteiger charge is 2.22. The molecule has 1 saturated heterocycles. The second-order valence-electron chi connectivity index (χ2n) is 4.82. The smallest absolute Gasteiger partial charge is 0.0452 e. The molecule has 1 aromatic rings. The minimum Gasteiger partial charge on any atom is -0.311 e. The molecule has 2 atom stereocenters. The molecule has 0 aliphatic carbocycles. The van der Waals surface area contributed by atoms with Crippen LogP contribution in [0.5, 0.6) is 0 Å². The average molecular weight is 273 g/mol. The fraction of sp³-hybridized carbons (Fsp3) is 0.538. The van der Waals surface area contributed by atoms with E-state index in [1.807, 2.05) is 18.2 Å². The molecule has 1 heterocycles. The van der Waals surface area contributed by atoms with Crippen LogP contribution in [-0.4, -0.2) is 30.1 Å². The zero-order valence-electron chi connectivity index (χ0n) is 10.2. The third-order valence-electron chi connectivity index (χ3n) is 3.27. The van der Waals surface area contributed by atoms with E-state index in [9.17, 15) is 0 Å². The molecule has 0 aromatic heterocycles. The second-order valence-corrected chi connectivity index (χ2v) is 5.67. The molecule has 1 N–H and O–H groups in total. The van der Waals surface area contributed by atoms with Crippen molar-refractivity contribution in [3.05, 3.63) is 33.8 Å². The lowest BCUT2D eigenvalue weighted by Gasteiger charge is -2.37. The summed E-state index contributed by atoms with van der Waals surface area (Å²) in [6.45, 7) is 7.38. The van der Waals surface area contributed by atoms with Crippen LogP contribution >= 0.6 is 23.2 Å². The van der Waals surface area contributed by atoms with Gasteiger partial charge in [-0.25, -0.2) is 0 Å². The molecule has 4 heteroatoms. The number of nitrogens with zero attached hydrogens (tertiary/aromatic N) is 1. The maximum absolute atomic E-state index is 6.20. The summed E-state index contributed by atoms with van der Waals surface area (Å²) in [4.78, 5) is 2.44. The zero-order chi connectivity index (χ0) is 12.4. The van der Waals surface area contributed by atoms with E-state index >= 15 is 0 Å². The lowest BCUT2D eigenvalue weighted by Crippen LogP contribution is -2.53. The number of benzene rings is 1. The van der Waals surface area contributed by atoms with Crippen LogP contribution in [0.3, 0.4) is 0 Å². The van der Waals surface area contributed by atoms with Crippen molar-refractivity contribution in [2.24, 2.45) is 0 Å². The van der Waals surface area contributed by atoms with E-state index in [2.05, 4.69) is 24.1 Å². The Labute approximate surface area is 113 Å². The highest BCUT2D eigenvalue weighted by Crippen LogP contribution is 2.23. The Morgan fingerprint density at radius 3 is 2.88 bits per heavy atom. The van der Waals surface area contributed by atoms with Crippen molar-refractivity contribution in [3.8, 4) is 0 Å². The van der Waals surface area contributed by atoms with Crippen LogP contribution in [0.2, 0.25) is 10.0 Å². The van der Waals surface area contributed by atoms with Crippen molar-refractivity contribution in [1.29, 1.82) is 0 Å². The Kier molecular flexibility index (Phi) is 4.31. The van der Waals surface area contributed by atoms with Crippen LogP contribution in [0.25, 0.3) is 0 Å². The normalized spacial score (nSPS) is 26.1. The molecule has 0 spiro atoms. The van der Waals surface area contributed by atoms with Gasteiger partial charge in [0.25, 0.3) is 0 Å². The molecule has 2 rings (SSSR count). The molecule has 2 unspecified atom stereocenters. The Bertz CT molecular complexity index is 395. The van der Waals surface area contributed by atoms with Gasteiger partial charge in [0.05, 0.1) is 0 Å². The van der Waals surface area contributed by atoms with Gasteiger partial charge in [0.1, 0.15) is 0 Å². The Morgan fingerprint density at radius 1 is 1.35 bits per heavy atom. The third kappa shape index (κ3) is 3.35. The molecule has 1 aromatic carbocycles. The minimum absolute atomic E-state index is 0.529. The second kappa shape index (κ2) is 5.57. The standard InChI is InChI=1S/C13H18Cl2N2/c1-9-7-17(10(2)6-16-9)8-11-5-12(14)3-4-13(11)15/h3-5,9-10,16H,6-8H2,1-2H3. The zero-order valence-corrected chi connectivity index (χ0v) is 11.7. The van der Waals surface area contributed by atoms with Gasteiger partial charge >= 0.3 is 0 Å². The maximum Gasteiger partial charge on any atom is 0.0452 e. The summed E-state index contributed by atoms with van der Waals surface area (Å²) in [5.74, 6) is 0. The van der Waals surface area contributed by atoms with Gasteiger partial charge in [0, 0.05) is 41.8 Å². The van der Waals surface area contributed by atoms with Crippen molar-refractivity contribution in [2.75, 3.05) is 13.1 Å². The lowest BCUT2D eigenvalue weighted by molar-refractivity contribution is 0.139. The molecular weight excluding hydrogens is 255 g/mol. The van der Waals surface area contributed by atoms with Gasteiger partial charge in [-0.2, -0.15) is 0 Å². The first-order chi connectivity index (χ1) is 8.06. The minimum atomic E-state index is 0.529. The van der Waals surface area contributed by atoms with Crippen LogP contribution in [0.15, 0.2) is 18.2 Å². The largest absolute Gasteiger partial charge is 0.311 e. The summed E-state index contributed by atoms with van der Waals surface area (Å²) in [5.41, 5.74) is 1.11. The predicted molar refractivity (Wildman–Crippen MR) is 73.8 cm³/mol. The van der Waals surface area contributed by atoms with Crippen LogP contribution in [0.1, 0.15) is 19.4 Å². The number of rotatable bonds is 2. The van der Waals surface area contributed by atoms with Gasteiger partial charge < -0.3 is 5.32 Å². The average Bonchev–Trinajstić information content (AvgIpc) is 2.28. The number of hydrogen-bond acceptors (Lipinski definition) is 2. The van der Waals surface area contributed by atoms with Crippen LogP contribution in [-0.2, 0) is 6.54 Å². The van der Waals surface area contributed by atoms with Crippen LogP contribution < -0.4 is 5.32 Å². The third-order valence-corrected chi connectivity index (χ3v) is 3.88. The molecular formula is C13H18Cl2N2. The summed E-state index contributed by atoms with van der Waals surface area (Å²) in [5, 5.41) is 5.02. The van der Waals surface area contributed by atoms with Gasteiger partial charge in [-0.05, 0) is 37.6 Å². The fourth-order valence-corrected chi connectivity index (χ4v) is 2.57. The van der Waals surface area contributed by atoms with E-state index in [1.165, 1.54) is 0 Å². The highest BCUT2D eigenvalue weighted by atomic mass is 35.5. The summed E-state index contributed by atoms with van der Waals surface area (Å²) in [6, 6.07) is 6.72. The van der Waals surface area contributed by atoms with Gasteiger partial charge in [-0.1, -0.05) is 23.2 Å². The number of hydrogen-bond donors (Lipinski definition) is 1. The first-order valence-corrected chi connectivity index (χ1v) is 6.73. The lowest BCUT2D eigenvalue weighted by atomic mass is 10.1. The summed E-state index contributed by atoms with van der Waals surface area (Å²) < 4.78 is 0. The van der Waals surface area contributed by atoms with Gasteiger partial charge in [0.15, 0.2) is 0 Å². The van der Waals surface area contributed by atoms with Crippen LogP contribution in [0, 0.1) is 0 Å². The first-order valence-electron chi connectivity index (χ1n) is 5.97. The summed E-state index contributed by atoms with van der Waals surface area (Å²) in [7, 11) is 0. The van der Waals surface area contributed by atoms with Crippen molar-refractivity contribution >= 4 is 23.2 Å². The molecule has 94 valence electrons. The van der Waals surface area contributed by atoms with E-state index in [0.717, 1.165) is 35.2 Å². The van der Waals surface area contributed by atoms with Crippen molar-refractivity contribution in [1.82, 2.24) is 10.2 Å². The predicted octanol–water partition coefficient (Wildman–Crippen LogP) is 3.18. The molecule has 0 amide bonds. The SMILES string of the molecule is CC1CN(Cc2cc(Cl)ccc2Cl)C(C)CN1. The number of halogens is 2. The van der Waals surface area contributed by atoms with E-state index in [-0.39, 0.29) is 0 Å². The molecule has 1 fully saturated rings. The molecule has 1 aliphatic rings. The van der Waals surface area contributed by atoms with Crippen molar-refractivity contribution < 1.29 is 0 Å². The summed E-state index contributed by atoms with van der Waals surface area (Å²) in [6.07, 6.45) is 0. The first kappa shape index (κ1) is 13.2. The van der Waals surface area contributed by atoms with E-state index < -0.39 is 0 Å². The molecule has 1 aliphatic heterocycles. The Morgan fingerprint density at radius 2 is 2.12 bits per heavy atom. The van der Waals surface area contributed by atoms with Gasteiger partial charge in [-0.15, -0.1) is 0 Å². The Balaban J connectivity index is 2.11. The molecule has 2 nitrogen and oxygen atoms in total. The topological polar surface area (TPSA) is 15.3 Å². The van der Waals surface area contributed by atoms with Gasteiger partial charge in [0.2, 0.25) is 0 Å². The quantitative estimate of drug-likeness (QED) is 0.890. The van der Waals surface area contributed by atoms with Crippen molar-refractivity contribution in [3.63, 3.8) is 0 Å². The van der Waals surface area contributed by atoms with E-state index in [4.69, 9.17) is 23.2 Å².